The molecule has 0 spiro atoms. The Balaban J connectivity index is 1.57. The molecule has 3 rings (SSSR count). The molecule has 0 aromatic heterocycles. The summed E-state index contributed by atoms with van der Waals surface area (Å²) in [5.74, 6) is -0.218. The molecule has 23 heavy (non-hydrogen) atoms. The van der Waals surface area contributed by atoms with Crippen molar-refractivity contribution in [2.24, 2.45) is 0 Å². The van der Waals surface area contributed by atoms with Crippen LogP contribution in [0, 0.1) is 12.7 Å². The number of nitrogens with zero attached hydrogens (tertiary/aromatic N) is 1. The van der Waals surface area contributed by atoms with E-state index < -0.39 is 0 Å². The van der Waals surface area contributed by atoms with Crippen LogP contribution in [0.4, 0.5) is 10.1 Å². The molecule has 2 aromatic carbocycles. The zero-order chi connectivity index (χ0) is 16.2. The van der Waals surface area contributed by atoms with Gasteiger partial charge in [0.2, 0.25) is 0 Å². The van der Waals surface area contributed by atoms with E-state index in [-0.39, 0.29) is 17.8 Å². The van der Waals surface area contributed by atoms with Crippen LogP contribution in [0.3, 0.4) is 0 Å². The lowest BCUT2D eigenvalue weighted by atomic mass is 10.0. The van der Waals surface area contributed by atoms with E-state index in [9.17, 15) is 9.18 Å². The van der Waals surface area contributed by atoms with E-state index in [0.717, 1.165) is 42.7 Å². The third kappa shape index (κ3) is 3.70. The van der Waals surface area contributed by atoms with Gasteiger partial charge in [-0.1, -0.05) is 24.3 Å². The molecule has 1 heterocycles. The van der Waals surface area contributed by atoms with Crippen LogP contribution in [0.1, 0.15) is 28.8 Å². The summed E-state index contributed by atoms with van der Waals surface area (Å²) < 4.78 is 13.3. The van der Waals surface area contributed by atoms with Crippen LogP contribution in [0.2, 0.25) is 0 Å². The minimum Gasteiger partial charge on any atom is -0.371 e. The van der Waals surface area contributed by atoms with Gasteiger partial charge in [0.1, 0.15) is 5.82 Å². The molecule has 1 aliphatic rings. The number of anilines is 1. The standard InChI is InChI=1S/C19H21FN2O/c1-14-5-2-3-8-18(14)19(23)21-16-9-11-22(12-10-16)17-7-4-6-15(20)13-17/h2-8,13,16H,9-12H2,1H3,(H,21,23). The molecule has 0 saturated carbocycles. The molecule has 120 valence electrons. The highest BCUT2D eigenvalue weighted by atomic mass is 19.1. The number of halogens is 1. The number of benzene rings is 2. The number of piperidine rings is 1. The lowest BCUT2D eigenvalue weighted by Crippen LogP contribution is -2.44. The molecular weight excluding hydrogens is 291 g/mol. The van der Waals surface area contributed by atoms with Crippen molar-refractivity contribution < 1.29 is 9.18 Å². The minimum atomic E-state index is -0.211. The molecule has 1 fully saturated rings. The van der Waals surface area contributed by atoms with Gasteiger partial charge in [-0.25, -0.2) is 4.39 Å². The largest absolute Gasteiger partial charge is 0.371 e. The van der Waals surface area contributed by atoms with Crippen molar-refractivity contribution >= 4 is 11.6 Å². The van der Waals surface area contributed by atoms with Gasteiger partial charge in [-0.2, -0.15) is 0 Å². The average Bonchev–Trinajstić information content (AvgIpc) is 2.56. The third-order valence-corrected chi connectivity index (χ3v) is 4.39. The second-order valence-electron chi connectivity index (χ2n) is 6.03. The number of hydrogen-bond acceptors (Lipinski definition) is 2. The molecule has 1 amide bonds. The molecule has 4 heteroatoms. The monoisotopic (exact) mass is 312 g/mol. The molecule has 0 aliphatic carbocycles. The van der Waals surface area contributed by atoms with Crippen LogP contribution < -0.4 is 10.2 Å². The number of nitrogens with one attached hydrogen (secondary N) is 1. The van der Waals surface area contributed by atoms with Gasteiger partial charge in [0.25, 0.3) is 5.91 Å². The number of carbonyl (C=O) groups is 1. The fourth-order valence-corrected chi connectivity index (χ4v) is 3.05. The molecule has 0 unspecified atom stereocenters. The summed E-state index contributed by atoms with van der Waals surface area (Å²) >= 11 is 0. The highest BCUT2D eigenvalue weighted by molar-refractivity contribution is 5.95. The topological polar surface area (TPSA) is 32.3 Å². The van der Waals surface area contributed by atoms with Crippen LogP contribution in [0.15, 0.2) is 48.5 Å². The SMILES string of the molecule is Cc1ccccc1C(=O)NC1CCN(c2cccc(F)c2)CC1. The number of carbonyl (C=O) groups excluding carboxylic acids is 1. The van der Waals surface area contributed by atoms with Gasteiger partial charge in [0, 0.05) is 30.4 Å². The smallest absolute Gasteiger partial charge is 0.251 e. The van der Waals surface area contributed by atoms with E-state index in [0.29, 0.717) is 0 Å². The second-order valence-corrected chi connectivity index (χ2v) is 6.03. The van der Waals surface area contributed by atoms with Crippen molar-refractivity contribution in [1.29, 1.82) is 0 Å². The number of aryl methyl sites for hydroxylation is 1. The lowest BCUT2D eigenvalue weighted by Gasteiger charge is -2.34. The quantitative estimate of drug-likeness (QED) is 0.940. The Morgan fingerprint density at radius 3 is 2.57 bits per heavy atom. The first kappa shape index (κ1) is 15.5. The molecule has 0 radical (unpaired) electrons. The molecule has 1 aliphatic heterocycles. The first-order chi connectivity index (χ1) is 11.1. The Morgan fingerprint density at radius 1 is 1.13 bits per heavy atom. The van der Waals surface area contributed by atoms with Crippen LogP contribution in [-0.2, 0) is 0 Å². The molecule has 1 N–H and O–H groups in total. The van der Waals surface area contributed by atoms with Gasteiger partial charge in [0.15, 0.2) is 0 Å². The van der Waals surface area contributed by atoms with Crippen molar-refractivity contribution in [3.63, 3.8) is 0 Å². The summed E-state index contributed by atoms with van der Waals surface area (Å²) in [6.45, 7) is 3.59. The lowest BCUT2D eigenvalue weighted by molar-refractivity contribution is 0.0930. The van der Waals surface area contributed by atoms with Crippen molar-refractivity contribution in [3.05, 3.63) is 65.5 Å². The summed E-state index contributed by atoms with van der Waals surface area (Å²) in [5, 5.41) is 3.12. The fourth-order valence-electron chi connectivity index (χ4n) is 3.05. The predicted octanol–water partition coefficient (Wildman–Crippen LogP) is 3.53. The molecular formula is C19H21FN2O. The zero-order valence-corrected chi connectivity index (χ0v) is 13.3. The van der Waals surface area contributed by atoms with Crippen molar-refractivity contribution in [2.45, 2.75) is 25.8 Å². The van der Waals surface area contributed by atoms with Gasteiger partial charge in [-0.3, -0.25) is 4.79 Å². The van der Waals surface area contributed by atoms with Gasteiger partial charge >= 0.3 is 0 Å². The summed E-state index contributed by atoms with van der Waals surface area (Å²) in [6.07, 6.45) is 1.74. The maximum Gasteiger partial charge on any atom is 0.251 e. The molecule has 0 atom stereocenters. The van der Waals surface area contributed by atoms with Crippen LogP contribution >= 0.6 is 0 Å². The van der Waals surface area contributed by atoms with Gasteiger partial charge in [0.05, 0.1) is 0 Å². The maximum absolute atomic E-state index is 13.3. The predicted molar refractivity (Wildman–Crippen MR) is 90.3 cm³/mol. The van der Waals surface area contributed by atoms with Gasteiger partial charge in [-0.15, -0.1) is 0 Å². The first-order valence-corrected chi connectivity index (χ1v) is 8.00. The van der Waals surface area contributed by atoms with Gasteiger partial charge in [-0.05, 0) is 49.6 Å². The number of amides is 1. The number of hydrogen-bond donors (Lipinski definition) is 1. The molecule has 2 aromatic rings. The summed E-state index contributed by atoms with van der Waals surface area (Å²) in [7, 11) is 0. The van der Waals surface area contributed by atoms with E-state index in [4.69, 9.17) is 0 Å². The van der Waals surface area contributed by atoms with E-state index in [2.05, 4.69) is 10.2 Å². The minimum absolute atomic E-state index is 0.00712. The van der Waals surface area contributed by atoms with Crippen molar-refractivity contribution in [2.75, 3.05) is 18.0 Å². The van der Waals surface area contributed by atoms with E-state index in [1.807, 2.05) is 37.3 Å². The first-order valence-electron chi connectivity index (χ1n) is 8.00. The Morgan fingerprint density at radius 2 is 1.87 bits per heavy atom. The average molecular weight is 312 g/mol. The normalized spacial score (nSPS) is 15.5. The Kier molecular flexibility index (Phi) is 4.60. The number of rotatable bonds is 3. The Labute approximate surface area is 136 Å². The molecule has 1 saturated heterocycles. The van der Waals surface area contributed by atoms with Crippen LogP contribution in [0.5, 0.6) is 0 Å². The highest BCUT2D eigenvalue weighted by Crippen LogP contribution is 2.21. The van der Waals surface area contributed by atoms with Gasteiger partial charge < -0.3 is 10.2 Å². The summed E-state index contributed by atoms with van der Waals surface area (Å²) in [5.41, 5.74) is 2.64. The van der Waals surface area contributed by atoms with E-state index in [1.165, 1.54) is 6.07 Å². The van der Waals surface area contributed by atoms with Crippen LogP contribution in [-0.4, -0.2) is 25.0 Å². The molecule has 3 nitrogen and oxygen atoms in total. The van der Waals surface area contributed by atoms with Crippen LogP contribution in [0.25, 0.3) is 0 Å². The fraction of sp³-hybridized carbons (Fsp3) is 0.316. The van der Waals surface area contributed by atoms with Crippen molar-refractivity contribution in [3.8, 4) is 0 Å². The van der Waals surface area contributed by atoms with E-state index >= 15 is 0 Å². The maximum atomic E-state index is 13.3. The third-order valence-electron chi connectivity index (χ3n) is 4.39. The highest BCUT2D eigenvalue weighted by Gasteiger charge is 2.22. The second kappa shape index (κ2) is 6.82. The Hall–Kier alpha value is -2.36. The summed E-state index contributed by atoms with van der Waals surface area (Å²) in [4.78, 5) is 14.5. The summed E-state index contributed by atoms with van der Waals surface area (Å²) in [6, 6.07) is 14.5. The van der Waals surface area contributed by atoms with Crippen molar-refractivity contribution in [1.82, 2.24) is 5.32 Å². The zero-order valence-electron chi connectivity index (χ0n) is 13.3. The Bertz CT molecular complexity index is 693. The molecule has 0 bridgehead atoms. The van der Waals surface area contributed by atoms with E-state index in [1.54, 1.807) is 12.1 Å².